The molecule has 0 aliphatic rings. The van der Waals surface area contributed by atoms with Crippen LogP contribution in [0.5, 0.6) is 0 Å². The molecule has 2 N–H and O–H groups in total. The molecule has 0 spiro atoms. The highest BCUT2D eigenvalue weighted by atomic mass is 16.6. The van der Waals surface area contributed by atoms with Crippen LogP contribution in [0.2, 0.25) is 0 Å². The number of hydrogen-bond donors (Lipinski definition) is 2. The molecule has 0 heterocycles. The quantitative estimate of drug-likeness (QED) is 0.823. The van der Waals surface area contributed by atoms with E-state index < -0.39 is 6.16 Å². The normalized spacial score (nSPS) is 8.50. The fourth-order valence-electron chi connectivity index (χ4n) is 1.63. The highest BCUT2D eigenvalue weighted by molar-refractivity contribution is 5.75. The summed E-state index contributed by atoms with van der Waals surface area (Å²) >= 11 is 0. The zero-order valence-electron chi connectivity index (χ0n) is 10.3. The van der Waals surface area contributed by atoms with Crippen LogP contribution >= 0.6 is 0 Å². The molecule has 0 atom stereocenters. The van der Waals surface area contributed by atoms with Gasteiger partial charge in [-0.05, 0) is 12.1 Å². The Bertz CT molecular complexity index is 637. The van der Waals surface area contributed by atoms with Crippen molar-refractivity contribution in [1.29, 1.82) is 10.5 Å². The number of benzene rings is 2. The Labute approximate surface area is 115 Å². The average Bonchev–Trinajstić information content (AvgIpc) is 2.46. The molecule has 0 saturated heterocycles. The van der Waals surface area contributed by atoms with E-state index in [0.29, 0.717) is 11.1 Å². The van der Waals surface area contributed by atoms with E-state index in [4.69, 9.17) is 25.5 Å². The Morgan fingerprint density at radius 1 is 0.800 bits per heavy atom. The minimum Gasteiger partial charge on any atom is -0.450 e. The Morgan fingerprint density at radius 2 is 1.10 bits per heavy atom. The molecule has 0 fully saturated rings. The number of carboxylic acid groups (broad SMARTS) is 2. The maximum atomic E-state index is 9.01. The van der Waals surface area contributed by atoms with Crippen molar-refractivity contribution in [3.05, 3.63) is 59.7 Å². The van der Waals surface area contributed by atoms with Crippen molar-refractivity contribution < 1.29 is 15.0 Å². The predicted molar refractivity (Wildman–Crippen MR) is 72.0 cm³/mol. The summed E-state index contributed by atoms with van der Waals surface area (Å²) in [5.41, 5.74) is 2.79. The van der Waals surface area contributed by atoms with Crippen LogP contribution in [0, 0.1) is 22.7 Å². The molecule has 0 saturated carbocycles. The molecule has 0 bridgehead atoms. The molecule has 0 radical (unpaired) electrons. The van der Waals surface area contributed by atoms with Crippen LogP contribution in [0.25, 0.3) is 11.1 Å². The predicted octanol–water partition coefficient (Wildman–Crippen LogP) is 3.32. The van der Waals surface area contributed by atoms with E-state index in [-0.39, 0.29) is 0 Å². The zero-order valence-corrected chi connectivity index (χ0v) is 10.3. The highest BCUT2D eigenvalue weighted by Gasteiger charge is 2.07. The smallest absolute Gasteiger partial charge is 0.450 e. The van der Waals surface area contributed by atoms with E-state index in [9.17, 15) is 0 Å². The summed E-state index contributed by atoms with van der Waals surface area (Å²) in [6.45, 7) is 0. The number of carbonyl (C=O) groups is 1. The van der Waals surface area contributed by atoms with E-state index in [1.54, 1.807) is 12.1 Å². The van der Waals surface area contributed by atoms with Crippen molar-refractivity contribution in [1.82, 2.24) is 0 Å². The Balaban J connectivity index is 0.000000444. The third-order valence-corrected chi connectivity index (χ3v) is 2.39. The van der Waals surface area contributed by atoms with Crippen LogP contribution < -0.4 is 0 Å². The Morgan fingerprint density at radius 3 is 1.40 bits per heavy atom. The van der Waals surface area contributed by atoms with Crippen molar-refractivity contribution in [2.75, 3.05) is 0 Å². The van der Waals surface area contributed by atoms with E-state index >= 15 is 0 Å². The van der Waals surface area contributed by atoms with Crippen LogP contribution in [0.1, 0.15) is 11.1 Å². The van der Waals surface area contributed by atoms with E-state index in [2.05, 4.69) is 12.1 Å². The molecule has 0 aliphatic heterocycles. The summed E-state index contributed by atoms with van der Waals surface area (Å²) in [6.07, 6.45) is -1.83. The number of hydrogen-bond acceptors (Lipinski definition) is 3. The maximum Gasteiger partial charge on any atom is 0.503 e. The third-order valence-electron chi connectivity index (χ3n) is 2.39. The summed E-state index contributed by atoms with van der Waals surface area (Å²) < 4.78 is 0. The van der Waals surface area contributed by atoms with Gasteiger partial charge in [0.25, 0.3) is 0 Å². The van der Waals surface area contributed by atoms with Gasteiger partial charge in [0.15, 0.2) is 0 Å². The van der Waals surface area contributed by atoms with Gasteiger partial charge < -0.3 is 10.2 Å². The van der Waals surface area contributed by atoms with E-state index in [0.717, 1.165) is 11.1 Å². The lowest BCUT2D eigenvalue weighted by Crippen LogP contribution is -1.87. The van der Waals surface area contributed by atoms with Crippen molar-refractivity contribution >= 4 is 6.16 Å². The molecule has 2 aromatic rings. The van der Waals surface area contributed by atoms with Gasteiger partial charge in [-0.15, -0.1) is 0 Å². The first-order chi connectivity index (χ1) is 9.60. The van der Waals surface area contributed by atoms with Gasteiger partial charge in [-0.1, -0.05) is 36.4 Å². The van der Waals surface area contributed by atoms with Crippen LogP contribution in [-0.4, -0.2) is 16.4 Å². The first-order valence-electron chi connectivity index (χ1n) is 5.50. The second kappa shape index (κ2) is 7.20. The molecule has 0 aliphatic carbocycles. The van der Waals surface area contributed by atoms with Gasteiger partial charge in [0.2, 0.25) is 0 Å². The number of rotatable bonds is 1. The van der Waals surface area contributed by atoms with Crippen molar-refractivity contribution in [3.63, 3.8) is 0 Å². The lowest BCUT2D eigenvalue weighted by Gasteiger charge is -2.05. The summed E-state index contributed by atoms with van der Waals surface area (Å²) in [7, 11) is 0. The number of nitrogens with zero attached hydrogens (tertiary/aromatic N) is 2. The van der Waals surface area contributed by atoms with Crippen LogP contribution in [0.4, 0.5) is 4.79 Å². The van der Waals surface area contributed by atoms with Crippen molar-refractivity contribution in [3.8, 4) is 23.3 Å². The summed E-state index contributed by atoms with van der Waals surface area (Å²) in [5, 5.41) is 32.0. The molecular weight excluding hydrogens is 256 g/mol. The van der Waals surface area contributed by atoms with Crippen LogP contribution in [0.15, 0.2) is 48.5 Å². The lowest BCUT2D eigenvalue weighted by atomic mass is 9.96. The Hall–Kier alpha value is -3.31. The second-order valence-corrected chi connectivity index (χ2v) is 3.60. The molecule has 2 rings (SSSR count). The Kier molecular flexibility index (Phi) is 5.31. The van der Waals surface area contributed by atoms with Gasteiger partial charge in [-0.3, -0.25) is 0 Å². The first kappa shape index (κ1) is 14.7. The van der Waals surface area contributed by atoms with Gasteiger partial charge in [0, 0.05) is 11.1 Å². The van der Waals surface area contributed by atoms with E-state index in [1.165, 1.54) is 0 Å². The minimum absolute atomic E-state index is 0.588. The molecule has 98 valence electrons. The van der Waals surface area contributed by atoms with Gasteiger partial charge in [0.1, 0.15) is 0 Å². The monoisotopic (exact) mass is 266 g/mol. The fourth-order valence-corrected chi connectivity index (χ4v) is 1.63. The van der Waals surface area contributed by atoms with Crippen molar-refractivity contribution in [2.45, 2.75) is 0 Å². The van der Waals surface area contributed by atoms with Gasteiger partial charge in [-0.2, -0.15) is 10.5 Å². The molecule has 20 heavy (non-hydrogen) atoms. The topological polar surface area (TPSA) is 105 Å². The molecule has 0 aromatic heterocycles. The SMILES string of the molecule is N#Cc1ccccc1-c1ccccc1C#N.O=C(O)O. The average molecular weight is 266 g/mol. The third kappa shape index (κ3) is 3.86. The standard InChI is InChI=1S/C14H8N2.CH2O3/c15-9-11-5-1-3-7-13(11)14-8-4-2-6-12(14)10-16;2-1(3)4/h1-8H;(H2,2,3,4). The molecule has 2 aromatic carbocycles. The molecule has 0 amide bonds. The molecule has 5 nitrogen and oxygen atoms in total. The largest absolute Gasteiger partial charge is 0.503 e. The maximum absolute atomic E-state index is 9.01. The highest BCUT2D eigenvalue weighted by Crippen LogP contribution is 2.25. The number of nitriles is 2. The fraction of sp³-hybridized carbons (Fsp3) is 0. The zero-order chi connectivity index (χ0) is 15.0. The van der Waals surface area contributed by atoms with E-state index in [1.807, 2.05) is 36.4 Å². The van der Waals surface area contributed by atoms with Crippen LogP contribution in [-0.2, 0) is 0 Å². The molecule has 0 unspecified atom stereocenters. The molecular formula is C15H10N2O3. The van der Waals surface area contributed by atoms with Crippen molar-refractivity contribution in [2.24, 2.45) is 0 Å². The summed E-state index contributed by atoms with van der Waals surface area (Å²) in [4.78, 5) is 8.56. The van der Waals surface area contributed by atoms with Gasteiger partial charge >= 0.3 is 6.16 Å². The molecule has 5 heteroatoms. The summed E-state index contributed by atoms with van der Waals surface area (Å²) in [6, 6.07) is 18.9. The minimum atomic E-state index is -1.83. The first-order valence-corrected chi connectivity index (χ1v) is 5.50. The lowest BCUT2D eigenvalue weighted by molar-refractivity contribution is 0.137. The van der Waals surface area contributed by atoms with Gasteiger partial charge in [-0.25, -0.2) is 4.79 Å². The second-order valence-electron chi connectivity index (χ2n) is 3.60. The van der Waals surface area contributed by atoms with Crippen LogP contribution in [0.3, 0.4) is 0 Å². The van der Waals surface area contributed by atoms with Gasteiger partial charge in [0.05, 0.1) is 23.3 Å². The summed E-state index contributed by atoms with van der Waals surface area (Å²) in [5.74, 6) is 0.